The van der Waals surface area contributed by atoms with E-state index in [9.17, 15) is 0 Å². The second kappa shape index (κ2) is 5.00. The summed E-state index contributed by atoms with van der Waals surface area (Å²) in [6, 6.07) is 4.32. The summed E-state index contributed by atoms with van der Waals surface area (Å²) in [5.41, 5.74) is 3.49. The largest absolute Gasteiger partial charge is 0.148 e. The van der Waals surface area contributed by atoms with Crippen LogP contribution in [0.2, 0.25) is 19.6 Å². The maximum absolute atomic E-state index is 3.49. The van der Waals surface area contributed by atoms with Crippen molar-refractivity contribution in [2.45, 2.75) is 39.4 Å². The molecule has 0 N–H and O–H groups in total. The normalized spacial score (nSPS) is 13.5. The van der Waals surface area contributed by atoms with Crippen LogP contribution < -0.4 is 0 Å². The van der Waals surface area contributed by atoms with Gasteiger partial charge in [-0.2, -0.15) is 0 Å². The van der Waals surface area contributed by atoms with Crippen LogP contribution >= 0.6 is 11.3 Å². The number of thiophene rings is 1. The molecule has 1 aromatic heterocycles. The molecule has 0 spiro atoms. The third kappa shape index (κ3) is 4.23. The Morgan fingerprint density at radius 1 is 1.27 bits per heavy atom. The highest BCUT2D eigenvalue weighted by Gasteiger charge is 2.15. The minimum atomic E-state index is -1.23. The van der Waals surface area contributed by atoms with Gasteiger partial charge in [-0.05, 0) is 17.4 Å². The maximum Gasteiger partial charge on any atom is 0.129 e. The van der Waals surface area contributed by atoms with Crippen molar-refractivity contribution in [2.75, 3.05) is 0 Å². The molecule has 1 atom stereocenters. The fraction of sp³-hybridized carbons (Fsp3) is 0.538. The summed E-state index contributed by atoms with van der Waals surface area (Å²) in [4.78, 5) is 1.41. The van der Waals surface area contributed by atoms with Crippen LogP contribution in [0.1, 0.15) is 24.6 Å². The molecule has 0 aliphatic rings. The van der Waals surface area contributed by atoms with Crippen LogP contribution in [0.5, 0.6) is 0 Å². The van der Waals surface area contributed by atoms with Crippen molar-refractivity contribution in [2.24, 2.45) is 5.92 Å². The molecule has 0 saturated heterocycles. The Bertz CT molecular complexity index is 346. The summed E-state index contributed by atoms with van der Waals surface area (Å²) in [5, 5.41) is 2.14. The van der Waals surface area contributed by atoms with E-state index >= 15 is 0 Å². The predicted molar refractivity (Wildman–Crippen MR) is 73.0 cm³/mol. The van der Waals surface area contributed by atoms with Gasteiger partial charge in [0.1, 0.15) is 8.07 Å². The van der Waals surface area contributed by atoms with Gasteiger partial charge in [-0.3, -0.25) is 0 Å². The van der Waals surface area contributed by atoms with Crippen LogP contribution in [0, 0.1) is 17.4 Å². The van der Waals surface area contributed by atoms with Gasteiger partial charge in [-0.1, -0.05) is 39.6 Å². The second-order valence-corrected chi connectivity index (χ2v) is 11.0. The molecular weight excluding hydrogens is 216 g/mol. The first-order chi connectivity index (χ1) is 6.90. The molecule has 2 heteroatoms. The quantitative estimate of drug-likeness (QED) is 0.528. The molecule has 0 nitrogen and oxygen atoms in total. The Balaban J connectivity index is 2.89. The Morgan fingerprint density at radius 3 is 2.33 bits per heavy atom. The van der Waals surface area contributed by atoms with Crippen molar-refractivity contribution in [3.05, 3.63) is 22.4 Å². The van der Waals surface area contributed by atoms with E-state index in [4.69, 9.17) is 0 Å². The Kier molecular flexibility index (Phi) is 4.18. The topological polar surface area (TPSA) is 0 Å². The highest BCUT2D eigenvalue weighted by atomic mass is 32.1. The van der Waals surface area contributed by atoms with E-state index in [-0.39, 0.29) is 0 Å². The van der Waals surface area contributed by atoms with Crippen LogP contribution in [0.4, 0.5) is 0 Å². The molecule has 1 heterocycles. The molecule has 0 aliphatic heterocycles. The monoisotopic (exact) mass is 236 g/mol. The average molecular weight is 236 g/mol. The zero-order valence-electron chi connectivity index (χ0n) is 10.3. The fourth-order valence-electron chi connectivity index (χ4n) is 1.33. The van der Waals surface area contributed by atoms with Gasteiger partial charge >= 0.3 is 0 Å². The van der Waals surface area contributed by atoms with E-state index in [1.807, 2.05) is 11.3 Å². The second-order valence-electron chi connectivity index (χ2n) is 5.26. The summed E-state index contributed by atoms with van der Waals surface area (Å²) in [5.74, 6) is 4.52. The summed E-state index contributed by atoms with van der Waals surface area (Å²) in [7, 11) is -1.23. The van der Waals surface area contributed by atoms with Crippen LogP contribution in [0.15, 0.2) is 17.5 Å². The number of hydrogen-bond acceptors (Lipinski definition) is 1. The van der Waals surface area contributed by atoms with E-state index in [2.05, 4.69) is 62.5 Å². The standard InChI is InChI=1S/C13H20SSi/c1-11(2)12(8-10-15(3,4)5)13-7-6-9-14-13/h6-7,9,11-12H,1-5H3/t12-/m0/s1. The SMILES string of the molecule is CC(C)[C@H](C#C[Si](C)(C)C)c1cccs1. The highest BCUT2D eigenvalue weighted by Crippen LogP contribution is 2.27. The van der Waals surface area contributed by atoms with E-state index in [1.54, 1.807) is 0 Å². The van der Waals surface area contributed by atoms with Crippen molar-refractivity contribution in [3.8, 4) is 11.5 Å². The summed E-state index contributed by atoms with van der Waals surface area (Å²) in [6.07, 6.45) is 0. The molecule has 0 bridgehead atoms. The van der Waals surface area contributed by atoms with Crippen molar-refractivity contribution in [1.29, 1.82) is 0 Å². The fourth-order valence-corrected chi connectivity index (χ4v) is 2.87. The summed E-state index contributed by atoms with van der Waals surface area (Å²) < 4.78 is 0. The molecule has 15 heavy (non-hydrogen) atoms. The molecule has 1 aromatic rings. The average Bonchev–Trinajstić information content (AvgIpc) is 2.54. The van der Waals surface area contributed by atoms with Crippen molar-refractivity contribution in [1.82, 2.24) is 0 Å². The van der Waals surface area contributed by atoms with E-state index in [0.29, 0.717) is 11.8 Å². The lowest BCUT2D eigenvalue weighted by molar-refractivity contribution is 0.599. The Labute approximate surface area is 98.7 Å². The first kappa shape index (κ1) is 12.5. The third-order valence-electron chi connectivity index (χ3n) is 2.12. The first-order valence-electron chi connectivity index (χ1n) is 5.46. The molecule has 0 unspecified atom stereocenters. The lowest BCUT2D eigenvalue weighted by Gasteiger charge is -2.14. The van der Waals surface area contributed by atoms with Crippen molar-refractivity contribution in [3.63, 3.8) is 0 Å². The molecule has 0 radical (unpaired) electrons. The van der Waals surface area contributed by atoms with Gasteiger partial charge < -0.3 is 0 Å². The Hall–Kier alpha value is -0.523. The van der Waals surface area contributed by atoms with Gasteiger partial charge in [0.05, 0.1) is 5.92 Å². The minimum Gasteiger partial charge on any atom is -0.148 e. The highest BCUT2D eigenvalue weighted by molar-refractivity contribution is 7.10. The molecule has 1 rings (SSSR count). The van der Waals surface area contributed by atoms with Crippen LogP contribution in [0.25, 0.3) is 0 Å². The van der Waals surface area contributed by atoms with Gasteiger partial charge in [0.25, 0.3) is 0 Å². The predicted octanol–water partition coefficient (Wildman–Crippen LogP) is 4.37. The van der Waals surface area contributed by atoms with Gasteiger partial charge in [-0.15, -0.1) is 22.8 Å². The first-order valence-corrected chi connectivity index (χ1v) is 9.84. The number of hydrogen-bond donors (Lipinski definition) is 0. The third-order valence-corrected chi connectivity index (χ3v) is 3.97. The van der Waals surface area contributed by atoms with Gasteiger partial charge in [-0.25, -0.2) is 0 Å². The molecule has 0 saturated carbocycles. The van der Waals surface area contributed by atoms with E-state index in [0.717, 1.165) is 0 Å². The van der Waals surface area contributed by atoms with Crippen molar-refractivity contribution >= 4 is 19.4 Å². The Morgan fingerprint density at radius 2 is 1.93 bits per heavy atom. The van der Waals surface area contributed by atoms with E-state index in [1.165, 1.54) is 4.88 Å². The van der Waals surface area contributed by atoms with E-state index < -0.39 is 8.07 Å². The van der Waals surface area contributed by atoms with Gasteiger partial charge in [0.2, 0.25) is 0 Å². The molecule has 0 fully saturated rings. The van der Waals surface area contributed by atoms with Crippen LogP contribution in [0.3, 0.4) is 0 Å². The van der Waals surface area contributed by atoms with Crippen LogP contribution in [-0.2, 0) is 0 Å². The molecule has 0 aromatic carbocycles. The zero-order valence-corrected chi connectivity index (χ0v) is 12.1. The van der Waals surface area contributed by atoms with Gasteiger partial charge in [0.15, 0.2) is 0 Å². The molecule has 0 aliphatic carbocycles. The summed E-state index contributed by atoms with van der Waals surface area (Å²) in [6.45, 7) is 11.4. The number of rotatable bonds is 2. The van der Waals surface area contributed by atoms with Crippen molar-refractivity contribution < 1.29 is 0 Å². The van der Waals surface area contributed by atoms with Crippen LogP contribution in [-0.4, -0.2) is 8.07 Å². The zero-order chi connectivity index (χ0) is 11.5. The minimum absolute atomic E-state index is 0.428. The smallest absolute Gasteiger partial charge is 0.129 e. The maximum atomic E-state index is 3.49. The van der Waals surface area contributed by atoms with Gasteiger partial charge in [0, 0.05) is 4.88 Å². The molecular formula is C13H20SSi. The summed E-state index contributed by atoms with van der Waals surface area (Å²) >= 11 is 1.82. The lowest BCUT2D eigenvalue weighted by atomic mass is 9.95. The lowest BCUT2D eigenvalue weighted by Crippen LogP contribution is -2.17. The molecule has 82 valence electrons. The molecule has 0 amide bonds.